The van der Waals surface area contributed by atoms with Gasteiger partial charge in [-0.15, -0.1) is 0 Å². The summed E-state index contributed by atoms with van der Waals surface area (Å²) < 4.78 is 7.17. The fourth-order valence-corrected chi connectivity index (χ4v) is 2.49. The second-order valence-electron chi connectivity index (χ2n) is 4.47. The molecule has 124 valence electrons. The number of hydrogen-bond acceptors (Lipinski definition) is 5. The number of fused-ring (bicyclic) bond motifs is 1. The second-order valence-corrected chi connectivity index (χ2v) is 9.04. The van der Waals surface area contributed by atoms with Gasteiger partial charge in [-0.25, -0.2) is 0 Å². The van der Waals surface area contributed by atoms with Gasteiger partial charge in [0.25, 0.3) is 0 Å². The molecule has 0 radical (unpaired) electrons. The molecule has 2 heterocycles. The van der Waals surface area contributed by atoms with Crippen molar-refractivity contribution in [3.05, 3.63) is 30.0 Å². The lowest BCUT2D eigenvalue weighted by Gasteiger charge is -2.31. The van der Waals surface area contributed by atoms with E-state index >= 15 is 0 Å². The van der Waals surface area contributed by atoms with Gasteiger partial charge in [-0.2, -0.15) is 10.2 Å². The molecule has 0 atom stereocenters. The molecule has 11 heteroatoms. The van der Waals surface area contributed by atoms with Crippen molar-refractivity contribution in [2.75, 3.05) is 11.9 Å². The van der Waals surface area contributed by atoms with Gasteiger partial charge in [0.1, 0.15) is 11.4 Å². The van der Waals surface area contributed by atoms with Crippen LogP contribution in [0.2, 0.25) is 0 Å². The summed E-state index contributed by atoms with van der Waals surface area (Å²) in [5, 5.41) is 5.51. The number of halogens is 6. The number of allylic oxidation sites excluding steroid dienone is 2. The number of anilines is 1. The van der Waals surface area contributed by atoms with Crippen LogP contribution in [0.5, 0.6) is 11.5 Å². The first kappa shape index (κ1) is 17.4. The van der Waals surface area contributed by atoms with Gasteiger partial charge in [0, 0.05) is 0 Å². The van der Waals surface area contributed by atoms with E-state index in [0.717, 1.165) is 0 Å². The minimum absolute atomic E-state index is 0.0686. The number of nitrogens with one attached hydrogen (secondary N) is 1. The number of rotatable bonds is 1. The van der Waals surface area contributed by atoms with Gasteiger partial charge in [-0.05, 0) is 18.2 Å². The summed E-state index contributed by atoms with van der Waals surface area (Å²) in [4.78, 5) is 0. The molecule has 23 heavy (non-hydrogen) atoms. The first-order valence-electron chi connectivity index (χ1n) is 6.06. The van der Waals surface area contributed by atoms with Crippen LogP contribution in [-0.2, 0) is 0 Å². The highest BCUT2D eigenvalue weighted by molar-refractivity contribution is 6.78. The van der Waals surface area contributed by atoms with Crippen LogP contribution in [0.4, 0.5) is 5.69 Å². The molecule has 0 spiro atoms. The maximum atomic E-state index is 5.93. The molecule has 2 aliphatic heterocycles. The summed E-state index contributed by atoms with van der Waals surface area (Å²) in [5.41, 5.74) is 3.58. The third kappa shape index (κ3) is 3.65. The lowest BCUT2D eigenvalue weighted by molar-refractivity contribution is 0.174. The summed E-state index contributed by atoms with van der Waals surface area (Å²) in [6.07, 6.45) is 1.36. The van der Waals surface area contributed by atoms with E-state index in [1.807, 2.05) is 0 Å². The molecule has 0 fully saturated rings. The van der Waals surface area contributed by atoms with Crippen LogP contribution in [0.15, 0.2) is 35.1 Å². The molecule has 1 aromatic rings. The lowest BCUT2D eigenvalue weighted by Crippen LogP contribution is -2.43. The van der Waals surface area contributed by atoms with Crippen molar-refractivity contribution >= 4 is 81.0 Å². The Bertz CT molecular complexity index is 695. The number of hydrazine groups is 1. The highest BCUT2D eigenvalue weighted by Gasteiger charge is 2.37. The SMILES string of the molecule is ClC(Cl)(Cl)C1=CC(C(Cl)(Cl)Cl)=NN(c2cccc3c2OCO3)N1. The number of hydrogen-bond donors (Lipinski definition) is 1. The molecule has 2 aliphatic rings. The van der Waals surface area contributed by atoms with E-state index in [1.54, 1.807) is 18.2 Å². The summed E-state index contributed by atoms with van der Waals surface area (Å²) in [6.45, 7) is 0.0916. The van der Waals surface area contributed by atoms with Gasteiger partial charge >= 0.3 is 0 Å². The number of ether oxygens (including phenoxy) is 2. The Labute approximate surface area is 161 Å². The van der Waals surface area contributed by atoms with Gasteiger partial charge in [-0.3, -0.25) is 5.43 Å². The van der Waals surface area contributed by atoms with Gasteiger partial charge in [0.15, 0.2) is 11.5 Å². The summed E-state index contributed by atoms with van der Waals surface area (Å²) >= 11 is 35.5. The van der Waals surface area contributed by atoms with E-state index in [2.05, 4.69) is 10.5 Å². The van der Waals surface area contributed by atoms with Crippen LogP contribution in [0.1, 0.15) is 0 Å². The monoisotopic (exact) mass is 435 g/mol. The minimum Gasteiger partial charge on any atom is -0.454 e. The standard InChI is InChI=1S/C12H7Cl6N3O2/c13-11(14,15)8-4-9(12(16,17)18)20-21(19-8)6-2-1-3-7-10(6)23-5-22-7/h1-4,19H,5H2. The van der Waals surface area contributed by atoms with Crippen LogP contribution < -0.4 is 20.0 Å². The molecule has 5 nitrogen and oxygen atoms in total. The summed E-state index contributed by atoms with van der Waals surface area (Å²) in [7, 11) is 0. The van der Waals surface area contributed by atoms with Gasteiger partial charge in [-0.1, -0.05) is 75.7 Å². The molecule has 0 saturated heterocycles. The van der Waals surface area contributed by atoms with E-state index in [9.17, 15) is 0 Å². The average Bonchev–Trinajstić information content (AvgIpc) is 2.93. The van der Waals surface area contributed by atoms with Crippen LogP contribution in [0.3, 0.4) is 0 Å². The van der Waals surface area contributed by atoms with Gasteiger partial charge in [0.2, 0.25) is 14.4 Å². The second kappa shape index (κ2) is 6.14. The van der Waals surface area contributed by atoms with Crippen LogP contribution >= 0.6 is 69.6 Å². The molecule has 1 N–H and O–H groups in total. The third-order valence-electron chi connectivity index (χ3n) is 2.91. The summed E-state index contributed by atoms with van der Waals surface area (Å²) in [5.74, 6) is 1.03. The van der Waals surface area contributed by atoms with Gasteiger partial charge < -0.3 is 9.47 Å². The number of hydrazone groups is 1. The van der Waals surface area contributed by atoms with Crippen LogP contribution in [0, 0.1) is 0 Å². The van der Waals surface area contributed by atoms with Crippen molar-refractivity contribution in [1.29, 1.82) is 0 Å². The Morgan fingerprint density at radius 3 is 2.43 bits per heavy atom. The first-order valence-corrected chi connectivity index (χ1v) is 8.33. The molecule has 0 aromatic heterocycles. The zero-order chi connectivity index (χ0) is 16.8. The Morgan fingerprint density at radius 1 is 1.04 bits per heavy atom. The third-order valence-corrected chi connectivity index (χ3v) is 4.11. The average molecular weight is 438 g/mol. The Balaban J connectivity index is 2.06. The smallest absolute Gasteiger partial charge is 0.234 e. The van der Waals surface area contributed by atoms with Crippen LogP contribution in [-0.4, -0.2) is 20.1 Å². The van der Waals surface area contributed by atoms with Crippen molar-refractivity contribution in [1.82, 2.24) is 5.43 Å². The Morgan fingerprint density at radius 2 is 1.78 bits per heavy atom. The topological polar surface area (TPSA) is 46.1 Å². The van der Waals surface area contributed by atoms with Gasteiger partial charge in [0.05, 0.1) is 5.70 Å². The molecule has 0 unspecified atom stereocenters. The number of benzene rings is 1. The molecule has 0 bridgehead atoms. The molecule has 1 aromatic carbocycles. The molecule has 0 saturated carbocycles. The van der Waals surface area contributed by atoms with E-state index in [-0.39, 0.29) is 18.2 Å². The highest BCUT2D eigenvalue weighted by Crippen LogP contribution is 2.43. The normalized spacial score (nSPS) is 17.6. The zero-order valence-electron chi connectivity index (χ0n) is 11.0. The minimum atomic E-state index is -1.81. The van der Waals surface area contributed by atoms with Crippen molar-refractivity contribution in [3.8, 4) is 11.5 Å². The summed E-state index contributed by atoms with van der Waals surface area (Å²) in [6, 6.07) is 5.23. The van der Waals surface area contributed by atoms with Crippen LogP contribution in [0.25, 0.3) is 0 Å². The van der Waals surface area contributed by atoms with E-state index in [1.165, 1.54) is 11.2 Å². The maximum Gasteiger partial charge on any atom is 0.234 e. The predicted molar refractivity (Wildman–Crippen MR) is 94.3 cm³/mol. The lowest BCUT2D eigenvalue weighted by atomic mass is 10.2. The Hall–Kier alpha value is -0.430. The number of nitrogens with zero attached hydrogens (tertiary/aromatic N) is 2. The van der Waals surface area contributed by atoms with Crippen molar-refractivity contribution in [3.63, 3.8) is 0 Å². The first-order chi connectivity index (χ1) is 10.7. The molecule has 0 aliphatic carbocycles. The molecule has 0 amide bonds. The predicted octanol–water partition coefficient (Wildman–Crippen LogP) is 4.72. The number of alkyl halides is 6. The van der Waals surface area contributed by atoms with E-state index in [4.69, 9.17) is 79.1 Å². The van der Waals surface area contributed by atoms with Crippen molar-refractivity contribution in [2.24, 2.45) is 5.10 Å². The largest absolute Gasteiger partial charge is 0.454 e. The maximum absolute atomic E-state index is 5.93. The van der Waals surface area contributed by atoms with E-state index in [0.29, 0.717) is 17.2 Å². The molecule has 3 rings (SSSR count). The fourth-order valence-electron chi connectivity index (χ4n) is 1.92. The zero-order valence-corrected chi connectivity index (χ0v) is 15.5. The fraction of sp³-hybridized carbons (Fsp3) is 0.250. The highest BCUT2D eigenvalue weighted by atomic mass is 35.6. The van der Waals surface area contributed by atoms with Crippen molar-refractivity contribution < 1.29 is 9.47 Å². The molecular weight excluding hydrogens is 431 g/mol. The quantitative estimate of drug-likeness (QED) is 0.646. The van der Waals surface area contributed by atoms with Crippen molar-refractivity contribution in [2.45, 2.75) is 7.59 Å². The Kier molecular flexibility index (Phi) is 4.64. The number of para-hydroxylation sites is 1. The molecular formula is C12H7Cl6N3O2. The van der Waals surface area contributed by atoms with E-state index < -0.39 is 7.59 Å².